The van der Waals surface area contributed by atoms with Gasteiger partial charge >= 0.3 is 0 Å². The van der Waals surface area contributed by atoms with Crippen molar-refractivity contribution in [2.75, 3.05) is 5.75 Å². The van der Waals surface area contributed by atoms with Crippen molar-refractivity contribution in [3.63, 3.8) is 0 Å². The molecule has 0 bridgehead atoms. The summed E-state index contributed by atoms with van der Waals surface area (Å²) in [6, 6.07) is 23.7. The van der Waals surface area contributed by atoms with Gasteiger partial charge in [0.1, 0.15) is 5.56 Å². The third-order valence-corrected chi connectivity index (χ3v) is 8.87. The Morgan fingerprint density at radius 2 is 1.43 bits per heavy atom. The van der Waals surface area contributed by atoms with Crippen LogP contribution in [0.15, 0.2) is 96.4 Å². The quantitative estimate of drug-likeness (QED) is 0.0512. The van der Waals surface area contributed by atoms with E-state index in [-0.39, 0.29) is 25.4 Å². The van der Waals surface area contributed by atoms with Gasteiger partial charge in [0, 0.05) is 36.7 Å². The van der Waals surface area contributed by atoms with Gasteiger partial charge in [0.15, 0.2) is 34.7 Å². The van der Waals surface area contributed by atoms with Gasteiger partial charge in [-0.15, -0.1) is 0 Å². The van der Waals surface area contributed by atoms with Crippen LogP contribution in [0.5, 0.6) is 0 Å². The Balaban J connectivity index is 1.20. The molecule has 1 fully saturated rings. The fourth-order valence-electron chi connectivity index (χ4n) is 5.35. The summed E-state index contributed by atoms with van der Waals surface area (Å²) in [7, 11) is 0. The zero-order valence-corrected chi connectivity index (χ0v) is 26.4. The highest BCUT2D eigenvalue weighted by Crippen LogP contribution is 2.40. The molecule has 6 rings (SSSR count). The Morgan fingerprint density at radius 1 is 0.776 bits per heavy atom. The number of halogens is 5. The molecule has 3 atom stereocenters. The summed E-state index contributed by atoms with van der Waals surface area (Å²) in [6.45, 7) is -0.318. The van der Waals surface area contributed by atoms with E-state index in [0.717, 1.165) is 27.8 Å². The van der Waals surface area contributed by atoms with E-state index in [9.17, 15) is 31.9 Å². The average Bonchev–Trinajstić information content (AvgIpc) is 3.15. The van der Waals surface area contributed by atoms with E-state index >= 15 is 0 Å². The molecule has 13 heteroatoms. The lowest BCUT2D eigenvalue weighted by Crippen LogP contribution is -2.31. The Kier molecular flexibility index (Phi) is 10.6. The molecule has 0 aliphatic carbocycles. The molecule has 1 aromatic heterocycles. The zero-order chi connectivity index (χ0) is 34.5. The molecule has 7 nitrogen and oxygen atoms in total. The number of thioether (sulfide) groups is 1. The number of carbonyl (C=O) groups excluding carboxylic acids is 1. The Labute approximate surface area is 282 Å². The second kappa shape index (κ2) is 15.2. The fourth-order valence-corrected chi connectivity index (χ4v) is 6.17. The first kappa shape index (κ1) is 34.2. The van der Waals surface area contributed by atoms with Crippen LogP contribution in [0.25, 0.3) is 11.1 Å². The minimum Gasteiger partial charge on any atom is -0.392 e. The molecule has 0 radical (unpaired) electrons. The predicted molar refractivity (Wildman–Crippen MR) is 170 cm³/mol. The van der Waals surface area contributed by atoms with Gasteiger partial charge in [-0.25, -0.2) is 31.9 Å². The van der Waals surface area contributed by atoms with Crippen LogP contribution in [0, 0.1) is 29.1 Å². The monoisotopic (exact) mass is 693 g/mol. The van der Waals surface area contributed by atoms with Crippen LogP contribution in [0.2, 0.25) is 0 Å². The molecule has 252 valence electrons. The van der Waals surface area contributed by atoms with Crippen LogP contribution < -0.4 is 5.32 Å². The fraction of sp³-hybridized carbons (Fsp3) is 0.194. The molecular weight excluding hydrogens is 665 g/mol. The number of aliphatic hydroxyl groups is 1. The topological polar surface area (TPSA) is 93.6 Å². The number of benzene rings is 4. The first-order valence-corrected chi connectivity index (χ1v) is 16.1. The van der Waals surface area contributed by atoms with Crippen LogP contribution in [0.3, 0.4) is 0 Å². The van der Waals surface area contributed by atoms with Gasteiger partial charge in [0.25, 0.3) is 5.91 Å². The number of aliphatic hydroxyl groups excluding tert-OH is 1. The van der Waals surface area contributed by atoms with Crippen LogP contribution >= 0.6 is 11.8 Å². The number of nitrogens with zero attached hydrogens (tertiary/aromatic N) is 2. The summed E-state index contributed by atoms with van der Waals surface area (Å²) in [5, 5.41) is 12.3. The third kappa shape index (κ3) is 7.81. The molecule has 4 aromatic carbocycles. The summed E-state index contributed by atoms with van der Waals surface area (Å²) < 4.78 is 81.8. The second-order valence-electron chi connectivity index (χ2n) is 11.1. The smallest absolute Gasteiger partial charge is 0.257 e. The van der Waals surface area contributed by atoms with Crippen LogP contribution in [0.1, 0.15) is 51.4 Å². The molecule has 0 saturated carbocycles. The summed E-state index contributed by atoms with van der Waals surface area (Å²) in [4.78, 5) is 21.0. The Hall–Kier alpha value is -4.69. The molecule has 2 N–H and O–H groups in total. The molecule has 1 aliphatic heterocycles. The number of nitrogens with one attached hydrogen (secondary N) is 1. The zero-order valence-electron chi connectivity index (χ0n) is 25.6. The van der Waals surface area contributed by atoms with Crippen LogP contribution in [-0.4, -0.2) is 32.8 Å². The van der Waals surface area contributed by atoms with E-state index in [4.69, 9.17) is 9.47 Å². The van der Waals surface area contributed by atoms with Crippen molar-refractivity contribution in [2.24, 2.45) is 0 Å². The van der Waals surface area contributed by atoms with E-state index in [1.165, 1.54) is 11.8 Å². The van der Waals surface area contributed by atoms with Crippen molar-refractivity contribution in [1.82, 2.24) is 15.3 Å². The van der Waals surface area contributed by atoms with E-state index in [2.05, 4.69) is 15.3 Å². The van der Waals surface area contributed by atoms with Crippen molar-refractivity contribution in [3.8, 4) is 11.1 Å². The standard InChI is InChI=1S/C36H28F5N3O4S/c37-29-28(30(38)32(40)33(41)31(29)39)34(46)44-17-21-4-1-5-23(14-21)24-6-2-7-25(15-24)35-47-26(19-49-36-42-12-3-13-43-36)16-27(48-35)22-10-8-20(18-45)9-11-22/h1-15,26-27,35,45H,16-19H2,(H,44,46)/t26-,27+,35+/m1/s1. The maximum Gasteiger partial charge on any atom is 0.257 e. The van der Waals surface area contributed by atoms with Gasteiger partial charge in [-0.2, -0.15) is 0 Å². The number of hydrogen-bond donors (Lipinski definition) is 2. The molecule has 1 amide bonds. The number of rotatable bonds is 10. The third-order valence-electron chi connectivity index (χ3n) is 7.86. The molecule has 0 unspecified atom stereocenters. The van der Waals surface area contributed by atoms with E-state index < -0.39 is 46.8 Å². The van der Waals surface area contributed by atoms with E-state index in [1.54, 1.807) is 36.7 Å². The minimum atomic E-state index is -2.34. The molecule has 49 heavy (non-hydrogen) atoms. The van der Waals surface area contributed by atoms with Crippen LogP contribution in [0.4, 0.5) is 22.0 Å². The highest BCUT2D eigenvalue weighted by atomic mass is 32.2. The highest BCUT2D eigenvalue weighted by molar-refractivity contribution is 7.99. The van der Waals surface area contributed by atoms with Gasteiger partial charge in [-0.05, 0) is 46.0 Å². The largest absolute Gasteiger partial charge is 0.392 e. The number of amides is 1. The lowest BCUT2D eigenvalue weighted by atomic mass is 9.99. The molecular formula is C36H28F5N3O4S. The number of carbonyl (C=O) groups is 1. The van der Waals surface area contributed by atoms with Gasteiger partial charge in [0.2, 0.25) is 5.82 Å². The summed E-state index contributed by atoms with van der Waals surface area (Å²) in [6.07, 6.45) is 2.67. The number of ether oxygens (including phenoxy) is 2. The summed E-state index contributed by atoms with van der Waals surface area (Å²) in [5.41, 5.74) is 2.92. The van der Waals surface area contributed by atoms with E-state index in [1.807, 2.05) is 54.6 Å². The second-order valence-corrected chi connectivity index (χ2v) is 12.1. The van der Waals surface area contributed by atoms with Crippen molar-refractivity contribution in [2.45, 2.75) is 43.2 Å². The highest BCUT2D eigenvalue weighted by Gasteiger charge is 2.33. The molecule has 1 saturated heterocycles. The summed E-state index contributed by atoms with van der Waals surface area (Å²) >= 11 is 1.48. The van der Waals surface area contributed by atoms with Crippen molar-refractivity contribution in [1.29, 1.82) is 0 Å². The molecule has 2 heterocycles. The normalized spacial score (nSPS) is 17.6. The first-order valence-electron chi connectivity index (χ1n) is 15.1. The lowest BCUT2D eigenvalue weighted by molar-refractivity contribution is -0.245. The molecule has 0 spiro atoms. The van der Waals surface area contributed by atoms with E-state index in [0.29, 0.717) is 22.9 Å². The van der Waals surface area contributed by atoms with Crippen LogP contribution in [-0.2, 0) is 22.6 Å². The molecule has 5 aromatic rings. The SMILES string of the molecule is O=C(NCc1cccc(-c2cccc([C@H]3O[C@@H](CSc4ncccn4)C[C@@H](c4ccc(CO)cc4)O3)c2)c1)c1c(F)c(F)c(F)c(F)c1F. The lowest BCUT2D eigenvalue weighted by Gasteiger charge is -2.36. The van der Waals surface area contributed by atoms with Gasteiger partial charge in [-0.1, -0.05) is 72.4 Å². The first-order chi connectivity index (χ1) is 23.7. The predicted octanol–water partition coefficient (Wildman–Crippen LogP) is 7.60. The molecule has 1 aliphatic rings. The van der Waals surface area contributed by atoms with Crippen molar-refractivity contribution >= 4 is 17.7 Å². The summed E-state index contributed by atoms with van der Waals surface area (Å²) in [5.74, 6) is -12.0. The van der Waals surface area contributed by atoms with Crippen molar-refractivity contribution in [3.05, 3.63) is 148 Å². The number of aromatic nitrogens is 2. The Morgan fingerprint density at radius 3 is 2.12 bits per heavy atom. The van der Waals surface area contributed by atoms with Gasteiger partial charge < -0.3 is 19.9 Å². The van der Waals surface area contributed by atoms with Gasteiger partial charge in [-0.3, -0.25) is 4.79 Å². The van der Waals surface area contributed by atoms with Gasteiger partial charge in [0.05, 0.1) is 18.8 Å². The maximum atomic E-state index is 14.1. The maximum absolute atomic E-state index is 14.1. The average molecular weight is 694 g/mol. The van der Waals surface area contributed by atoms with Crippen molar-refractivity contribution < 1.29 is 41.3 Å². The number of hydrogen-bond acceptors (Lipinski definition) is 7. The minimum absolute atomic E-state index is 0.0699. The Bertz CT molecular complexity index is 1920.